The van der Waals surface area contributed by atoms with Crippen molar-refractivity contribution in [1.82, 2.24) is 10.2 Å². The van der Waals surface area contributed by atoms with Gasteiger partial charge >= 0.3 is 0 Å². The number of aryl methyl sites for hydroxylation is 1. The molecule has 19 heavy (non-hydrogen) atoms. The molecule has 6 nitrogen and oxygen atoms in total. The van der Waals surface area contributed by atoms with Gasteiger partial charge in [0, 0.05) is 4.88 Å². The van der Waals surface area contributed by atoms with Gasteiger partial charge in [0.1, 0.15) is 9.22 Å². The molecule has 2 aromatic heterocycles. The average molecular weight is 318 g/mol. The standard InChI is InChI=1S/C10H14N4O2S3/c1-2-8-12-13-10(18-8)14-19(15,16)9-4-3-7(17-9)5-6-11/h3-4H,2,5-6,11H2,1H3,(H,13,14). The zero-order valence-corrected chi connectivity index (χ0v) is 12.7. The van der Waals surface area contributed by atoms with E-state index in [4.69, 9.17) is 5.73 Å². The third kappa shape index (κ3) is 3.50. The zero-order valence-electron chi connectivity index (χ0n) is 10.3. The van der Waals surface area contributed by atoms with Gasteiger partial charge in [0.15, 0.2) is 0 Å². The number of anilines is 1. The lowest BCUT2D eigenvalue weighted by atomic mass is 10.3. The van der Waals surface area contributed by atoms with Gasteiger partial charge in [0.2, 0.25) is 5.13 Å². The fraction of sp³-hybridized carbons (Fsp3) is 0.400. The molecule has 0 radical (unpaired) electrons. The Morgan fingerprint density at radius 1 is 1.32 bits per heavy atom. The van der Waals surface area contributed by atoms with Gasteiger partial charge in [-0.3, -0.25) is 4.72 Å². The van der Waals surface area contributed by atoms with Crippen molar-refractivity contribution in [3.63, 3.8) is 0 Å². The Balaban J connectivity index is 2.16. The maximum Gasteiger partial charge on any atom is 0.273 e. The van der Waals surface area contributed by atoms with Crippen molar-refractivity contribution in [2.24, 2.45) is 5.73 Å². The first-order valence-corrected chi connectivity index (χ1v) is 8.80. The summed E-state index contributed by atoms with van der Waals surface area (Å²) in [4.78, 5) is 0.953. The highest BCUT2D eigenvalue weighted by molar-refractivity contribution is 7.94. The topological polar surface area (TPSA) is 98.0 Å². The zero-order chi connectivity index (χ0) is 13.9. The molecular formula is C10H14N4O2S3. The highest BCUT2D eigenvalue weighted by Crippen LogP contribution is 2.25. The van der Waals surface area contributed by atoms with Gasteiger partial charge in [-0.05, 0) is 31.5 Å². The summed E-state index contributed by atoms with van der Waals surface area (Å²) in [5, 5.41) is 8.77. The van der Waals surface area contributed by atoms with Gasteiger partial charge in [-0.1, -0.05) is 18.3 Å². The Hall–Kier alpha value is -1.03. The number of rotatable bonds is 6. The van der Waals surface area contributed by atoms with E-state index < -0.39 is 10.0 Å². The summed E-state index contributed by atoms with van der Waals surface area (Å²) in [6.45, 7) is 2.45. The lowest BCUT2D eigenvalue weighted by Gasteiger charge is -2.00. The molecule has 2 rings (SSSR count). The molecule has 0 atom stereocenters. The second-order valence-electron chi connectivity index (χ2n) is 3.72. The van der Waals surface area contributed by atoms with E-state index in [9.17, 15) is 8.42 Å². The van der Waals surface area contributed by atoms with Gasteiger partial charge in [0.25, 0.3) is 10.0 Å². The van der Waals surface area contributed by atoms with E-state index in [-0.39, 0.29) is 4.21 Å². The SMILES string of the molecule is CCc1nnc(NS(=O)(=O)c2ccc(CCN)s2)s1. The summed E-state index contributed by atoms with van der Waals surface area (Å²) in [5.41, 5.74) is 5.45. The van der Waals surface area contributed by atoms with Crippen LogP contribution in [0.25, 0.3) is 0 Å². The van der Waals surface area contributed by atoms with Crippen molar-refractivity contribution in [2.45, 2.75) is 24.0 Å². The van der Waals surface area contributed by atoms with Crippen LogP contribution in [-0.2, 0) is 22.9 Å². The number of hydrogen-bond donors (Lipinski definition) is 2. The number of nitrogens with two attached hydrogens (primary N) is 1. The quantitative estimate of drug-likeness (QED) is 0.840. The van der Waals surface area contributed by atoms with E-state index in [1.165, 1.54) is 22.7 Å². The van der Waals surface area contributed by atoms with Crippen LogP contribution in [0, 0.1) is 0 Å². The average Bonchev–Trinajstić information content (AvgIpc) is 2.98. The van der Waals surface area contributed by atoms with Crippen LogP contribution in [0.3, 0.4) is 0 Å². The molecule has 0 aliphatic rings. The number of hydrogen-bond acceptors (Lipinski definition) is 7. The van der Waals surface area contributed by atoms with E-state index >= 15 is 0 Å². The third-order valence-electron chi connectivity index (χ3n) is 2.28. The van der Waals surface area contributed by atoms with Crippen molar-refractivity contribution in [3.8, 4) is 0 Å². The van der Waals surface area contributed by atoms with Crippen molar-refractivity contribution in [1.29, 1.82) is 0 Å². The first-order valence-electron chi connectivity index (χ1n) is 5.69. The van der Waals surface area contributed by atoms with E-state index in [0.717, 1.165) is 16.3 Å². The van der Waals surface area contributed by atoms with Crippen LogP contribution in [0.2, 0.25) is 0 Å². The molecule has 0 unspecified atom stereocenters. The fourth-order valence-electron chi connectivity index (χ4n) is 1.38. The molecule has 0 aliphatic heterocycles. The fourth-order valence-corrected chi connectivity index (χ4v) is 4.66. The van der Waals surface area contributed by atoms with Crippen LogP contribution in [0.4, 0.5) is 5.13 Å². The van der Waals surface area contributed by atoms with Crippen molar-refractivity contribution in [2.75, 3.05) is 11.3 Å². The molecule has 0 bridgehead atoms. The minimum Gasteiger partial charge on any atom is -0.330 e. The maximum absolute atomic E-state index is 12.1. The molecule has 2 heterocycles. The number of thiophene rings is 1. The summed E-state index contributed by atoms with van der Waals surface area (Å²) in [7, 11) is -3.57. The van der Waals surface area contributed by atoms with Crippen LogP contribution >= 0.6 is 22.7 Å². The summed E-state index contributed by atoms with van der Waals surface area (Å²) in [5.74, 6) is 0. The van der Waals surface area contributed by atoms with Crippen molar-refractivity contribution < 1.29 is 8.42 Å². The lowest BCUT2D eigenvalue weighted by molar-refractivity contribution is 0.603. The van der Waals surface area contributed by atoms with Crippen LogP contribution in [-0.4, -0.2) is 25.2 Å². The minimum absolute atomic E-state index is 0.268. The van der Waals surface area contributed by atoms with Crippen LogP contribution in [0.1, 0.15) is 16.8 Å². The highest BCUT2D eigenvalue weighted by Gasteiger charge is 2.18. The Kier molecular flexibility index (Phi) is 4.50. The third-order valence-corrected chi connectivity index (χ3v) is 6.37. The predicted molar refractivity (Wildman–Crippen MR) is 77.2 cm³/mol. The maximum atomic E-state index is 12.1. The summed E-state index contributed by atoms with van der Waals surface area (Å²) in [6.07, 6.45) is 1.41. The second-order valence-corrected chi connectivity index (χ2v) is 7.86. The van der Waals surface area contributed by atoms with E-state index in [1.54, 1.807) is 12.1 Å². The predicted octanol–water partition coefficient (Wildman–Crippen LogP) is 1.46. The summed E-state index contributed by atoms with van der Waals surface area (Å²) < 4.78 is 27.0. The molecule has 0 saturated carbocycles. The molecule has 2 aromatic rings. The van der Waals surface area contributed by atoms with Gasteiger partial charge in [-0.15, -0.1) is 21.5 Å². The second kappa shape index (κ2) is 5.95. The normalized spacial score (nSPS) is 11.7. The summed E-state index contributed by atoms with van der Waals surface area (Å²) >= 11 is 2.47. The Labute approximate surface area is 119 Å². The van der Waals surface area contributed by atoms with Gasteiger partial charge in [-0.25, -0.2) is 8.42 Å². The van der Waals surface area contributed by atoms with Gasteiger partial charge in [0.05, 0.1) is 0 Å². The Morgan fingerprint density at radius 2 is 2.11 bits per heavy atom. The highest BCUT2D eigenvalue weighted by atomic mass is 32.2. The van der Waals surface area contributed by atoms with Crippen LogP contribution in [0.15, 0.2) is 16.3 Å². The van der Waals surface area contributed by atoms with Crippen LogP contribution < -0.4 is 10.5 Å². The molecule has 0 aliphatic carbocycles. The monoisotopic (exact) mass is 318 g/mol. The largest absolute Gasteiger partial charge is 0.330 e. The van der Waals surface area contributed by atoms with Crippen molar-refractivity contribution in [3.05, 3.63) is 22.0 Å². The number of nitrogens with one attached hydrogen (secondary N) is 1. The molecule has 0 aromatic carbocycles. The lowest BCUT2D eigenvalue weighted by Crippen LogP contribution is -2.11. The molecule has 0 fully saturated rings. The Morgan fingerprint density at radius 3 is 2.74 bits per heavy atom. The van der Waals surface area contributed by atoms with E-state index in [0.29, 0.717) is 18.1 Å². The molecule has 9 heteroatoms. The molecule has 104 valence electrons. The smallest absolute Gasteiger partial charge is 0.273 e. The summed E-state index contributed by atoms with van der Waals surface area (Å²) in [6, 6.07) is 3.36. The first kappa shape index (κ1) is 14.4. The number of sulfonamides is 1. The van der Waals surface area contributed by atoms with Gasteiger partial charge < -0.3 is 5.73 Å². The van der Waals surface area contributed by atoms with Crippen molar-refractivity contribution >= 4 is 37.8 Å². The number of aromatic nitrogens is 2. The molecule has 0 saturated heterocycles. The molecule has 0 amide bonds. The molecule has 0 spiro atoms. The Bertz CT molecular complexity index is 647. The number of nitrogens with zero attached hydrogens (tertiary/aromatic N) is 2. The van der Waals surface area contributed by atoms with E-state index in [1.807, 2.05) is 6.92 Å². The molecular weight excluding hydrogens is 304 g/mol. The molecule has 3 N–H and O–H groups in total. The van der Waals surface area contributed by atoms with Crippen LogP contribution in [0.5, 0.6) is 0 Å². The first-order chi connectivity index (χ1) is 9.05. The van der Waals surface area contributed by atoms with Gasteiger partial charge in [-0.2, -0.15) is 0 Å². The minimum atomic E-state index is -3.57. The van der Waals surface area contributed by atoms with E-state index in [2.05, 4.69) is 14.9 Å².